The molecule has 27 heavy (non-hydrogen) atoms. The first kappa shape index (κ1) is 19.8. The van der Waals surface area contributed by atoms with Crippen molar-refractivity contribution < 1.29 is 9.59 Å². The summed E-state index contributed by atoms with van der Waals surface area (Å²) < 4.78 is 1.24. The Morgan fingerprint density at radius 2 is 1.93 bits per heavy atom. The molecule has 0 unspecified atom stereocenters. The Kier molecular flexibility index (Phi) is 6.15. The van der Waals surface area contributed by atoms with Gasteiger partial charge in [-0.25, -0.2) is 4.98 Å². The fourth-order valence-electron chi connectivity index (χ4n) is 3.31. The van der Waals surface area contributed by atoms with E-state index >= 15 is 0 Å². The SMILES string of the molecule is CC(C)(C)C(=O)NCCCC(=O)N1CCC(c2nc3ccccc3s2)CC1. The van der Waals surface area contributed by atoms with Crippen LogP contribution in [0.1, 0.15) is 57.4 Å². The van der Waals surface area contributed by atoms with Crippen molar-refractivity contribution in [2.45, 2.75) is 52.4 Å². The zero-order chi connectivity index (χ0) is 19.4. The lowest BCUT2D eigenvalue weighted by molar-refractivity contribution is -0.133. The van der Waals surface area contributed by atoms with E-state index in [2.05, 4.69) is 23.5 Å². The van der Waals surface area contributed by atoms with Crippen LogP contribution in [0.15, 0.2) is 24.3 Å². The highest BCUT2D eigenvalue weighted by Crippen LogP contribution is 2.33. The number of aromatic nitrogens is 1. The number of rotatable bonds is 5. The second-order valence-corrected chi connectivity index (χ2v) is 9.35. The molecule has 3 rings (SSSR count). The van der Waals surface area contributed by atoms with Gasteiger partial charge in [0.05, 0.1) is 15.2 Å². The van der Waals surface area contributed by atoms with E-state index in [1.54, 1.807) is 11.3 Å². The van der Waals surface area contributed by atoms with Crippen LogP contribution in [0.4, 0.5) is 0 Å². The predicted molar refractivity (Wildman–Crippen MR) is 110 cm³/mol. The van der Waals surface area contributed by atoms with Gasteiger partial charge in [-0.05, 0) is 31.4 Å². The number of carbonyl (C=O) groups is 2. The van der Waals surface area contributed by atoms with Crippen molar-refractivity contribution in [1.29, 1.82) is 0 Å². The normalized spacial score (nSPS) is 15.9. The molecule has 2 amide bonds. The fraction of sp³-hybridized carbons (Fsp3) is 0.571. The summed E-state index contributed by atoms with van der Waals surface area (Å²) in [4.78, 5) is 31.0. The van der Waals surface area contributed by atoms with Gasteiger partial charge in [0.2, 0.25) is 11.8 Å². The van der Waals surface area contributed by atoms with Crippen LogP contribution in [-0.2, 0) is 9.59 Å². The van der Waals surface area contributed by atoms with E-state index in [1.807, 2.05) is 31.7 Å². The second-order valence-electron chi connectivity index (χ2n) is 8.28. The number of likely N-dealkylation sites (tertiary alicyclic amines) is 1. The number of nitrogens with zero attached hydrogens (tertiary/aromatic N) is 2. The molecule has 0 radical (unpaired) electrons. The molecular weight excluding hydrogens is 358 g/mol. The molecule has 146 valence electrons. The number of fused-ring (bicyclic) bond motifs is 1. The third-order valence-corrected chi connectivity index (χ3v) is 6.24. The Hall–Kier alpha value is -1.95. The van der Waals surface area contributed by atoms with Crippen molar-refractivity contribution in [2.75, 3.05) is 19.6 Å². The number of nitrogens with one attached hydrogen (secondary N) is 1. The number of benzene rings is 1. The van der Waals surface area contributed by atoms with Crippen molar-refractivity contribution in [1.82, 2.24) is 15.2 Å². The predicted octanol–water partition coefficient (Wildman–Crippen LogP) is 3.94. The first-order chi connectivity index (χ1) is 12.8. The number of para-hydroxylation sites is 1. The third kappa shape index (κ3) is 5.06. The summed E-state index contributed by atoms with van der Waals surface area (Å²) in [6, 6.07) is 8.26. The Labute approximate surface area is 165 Å². The molecule has 0 atom stereocenters. The monoisotopic (exact) mass is 387 g/mol. The maximum absolute atomic E-state index is 12.4. The molecule has 1 N–H and O–H groups in total. The van der Waals surface area contributed by atoms with Crippen LogP contribution in [0.2, 0.25) is 0 Å². The molecule has 2 heterocycles. The molecule has 0 aliphatic carbocycles. The van der Waals surface area contributed by atoms with Crippen LogP contribution in [0.25, 0.3) is 10.2 Å². The molecule has 0 spiro atoms. The molecule has 1 aliphatic rings. The molecule has 5 nitrogen and oxygen atoms in total. The van der Waals surface area contributed by atoms with E-state index < -0.39 is 0 Å². The van der Waals surface area contributed by atoms with Gasteiger partial charge in [0.1, 0.15) is 0 Å². The molecule has 0 saturated carbocycles. The Morgan fingerprint density at radius 3 is 2.59 bits per heavy atom. The van der Waals surface area contributed by atoms with Crippen molar-refractivity contribution in [2.24, 2.45) is 5.41 Å². The topological polar surface area (TPSA) is 62.3 Å². The summed E-state index contributed by atoms with van der Waals surface area (Å²) in [7, 11) is 0. The van der Waals surface area contributed by atoms with E-state index in [0.29, 0.717) is 25.3 Å². The van der Waals surface area contributed by atoms with Crippen molar-refractivity contribution in [3.63, 3.8) is 0 Å². The van der Waals surface area contributed by atoms with Crippen LogP contribution in [-0.4, -0.2) is 41.3 Å². The summed E-state index contributed by atoms with van der Waals surface area (Å²) in [6.07, 6.45) is 3.15. The summed E-state index contributed by atoms with van der Waals surface area (Å²) in [5, 5.41) is 4.11. The van der Waals surface area contributed by atoms with Crippen LogP contribution in [0, 0.1) is 5.41 Å². The van der Waals surface area contributed by atoms with Crippen molar-refractivity contribution >= 4 is 33.4 Å². The summed E-state index contributed by atoms with van der Waals surface area (Å²) in [6.45, 7) is 7.83. The highest BCUT2D eigenvalue weighted by atomic mass is 32.1. The first-order valence-electron chi connectivity index (χ1n) is 9.76. The Balaban J connectivity index is 1.42. The standard InChI is InChI=1S/C21H29N3O2S/c1-21(2,3)20(26)22-12-6-9-18(25)24-13-10-15(11-14-24)19-23-16-7-4-5-8-17(16)27-19/h4-5,7-8,15H,6,9-14H2,1-3H3,(H,22,26). The minimum atomic E-state index is -0.382. The third-order valence-electron chi connectivity index (χ3n) is 5.04. The number of hydrogen-bond donors (Lipinski definition) is 1. The maximum Gasteiger partial charge on any atom is 0.225 e. The highest BCUT2D eigenvalue weighted by Gasteiger charge is 2.26. The number of hydrogen-bond acceptors (Lipinski definition) is 4. The molecule has 1 fully saturated rings. The molecule has 1 aliphatic heterocycles. The number of carbonyl (C=O) groups excluding carboxylic acids is 2. The van der Waals surface area contributed by atoms with Crippen molar-refractivity contribution in [3.8, 4) is 0 Å². The van der Waals surface area contributed by atoms with E-state index in [0.717, 1.165) is 31.4 Å². The van der Waals surface area contributed by atoms with Crippen molar-refractivity contribution in [3.05, 3.63) is 29.3 Å². The van der Waals surface area contributed by atoms with Crippen LogP contribution in [0.3, 0.4) is 0 Å². The second kappa shape index (κ2) is 8.38. The fourth-order valence-corrected chi connectivity index (χ4v) is 4.44. The molecule has 1 saturated heterocycles. The van der Waals surface area contributed by atoms with E-state index in [1.165, 1.54) is 9.71 Å². The average Bonchev–Trinajstić information content (AvgIpc) is 3.08. The first-order valence-corrected chi connectivity index (χ1v) is 10.6. The zero-order valence-corrected chi connectivity index (χ0v) is 17.3. The van der Waals surface area contributed by atoms with Gasteiger partial charge in [0, 0.05) is 37.4 Å². The quantitative estimate of drug-likeness (QED) is 0.790. The van der Waals surface area contributed by atoms with Crippen LogP contribution >= 0.6 is 11.3 Å². The van der Waals surface area contributed by atoms with Gasteiger partial charge in [-0.1, -0.05) is 32.9 Å². The Morgan fingerprint density at radius 1 is 1.22 bits per heavy atom. The summed E-state index contributed by atoms with van der Waals surface area (Å²) in [5.41, 5.74) is 0.695. The summed E-state index contributed by atoms with van der Waals surface area (Å²) in [5.74, 6) is 0.687. The smallest absolute Gasteiger partial charge is 0.225 e. The van der Waals surface area contributed by atoms with Crippen LogP contribution < -0.4 is 5.32 Å². The molecule has 6 heteroatoms. The highest BCUT2D eigenvalue weighted by molar-refractivity contribution is 7.18. The minimum absolute atomic E-state index is 0.0339. The van der Waals surface area contributed by atoms with Gasteiger partial charge in [-0.15, -0.1) is 11.3 Å². The van der Waals surface area contributed by atoms with Gasteiger partial charge >= 0.3 is 0 Å². The lowest BCUT2D eigenvalue weighted by atomic mass is 9.95. The van der Waals surface area contributed by atoms with Gasteiger partial charge in [-0.2, -0.15) is 0 Å². The molecule has 0 bridgehead atoms. The number of thiazole rings is 1. The van der Waals surface area contributed by atoms with Gasteiger partial charge in [0.15, 0.2) is 0 Å². The van der Waals surface area contributed by atoms with Crippen LogP contribution in [0.5, 0.6) is 0 Å². The number of piperidine rings is 1. The molecule has 2 aromatic rings. The average molecular weight is 388 g/mol. The maximum atomic E-state index is 12.4. The summed E-state index contributed by atoms with van der Waals surface area (Å²) >= 11 is 1.78. The largest absolute Gasteiger partial charge is 0.356 e. The lowest BCUT2D eigenvalue weighted by Gasteiger charge is -2.31. The molecule has 1 aromatic heterocycles. The lowest BCUT2D eigenvalue weighted by Crippen LogP contribution is -2.39. The molecular formula is C21H29N3O2S. The van der Waals surface area contributed by atoms with Gasteiger partial charge in [-0.3, -0.25) is 9.59 Å². The molecule has 1 aromatic carbocycles. The minimum Gasteiger partial charge on any atom is -0.356 e. The Bertz CT molecular complexity index is 768. The van der Waals surface area contributed by atoms with E-state index in [4.69, 9.17) is 4.98 Å². The number of amides is 2. The van der Waals surface area contributed by atoms with Gasteiger partial charge < -0.3 is 10.2 Å². The van der Waals surface area contributed by atoms with E-state index in [-0.39, 0.29) is 17.2 Å². The van der Waals surface area contributed by atoms with Gasteiger partial charge in [0.25, 0.3) is 0 Å². The van der Waals surface area contributed by atoms with E-state index in [9.17, 15) is 9.59 Å². The zero-order valence-electron chi connectivity index (χ0n) is 16.5.